The number of aromatic carboxylic acids is 1. The molecule has 0 saturated carbocycles. The Kier molecular flexibility index (Phi) is 4.16. The molecule has 0 aliphatic rings. The smallest absolute Gasteiger partial charge is 0.337 e. The second kappa shape index (κ2) is 5.87. The zero-order valence-electron chi connectivity index (χ0n) is 12.3. The molecular formula is C15H18N2O4. The average Bonchev–Trinajstić information content (AvgIpc) is 2.91. The first-order chi connectivity index (χ1) is 9.88. The van der Waals surface area contributed by atoms with E-state index in [1.54, 1.807) is 30.8 Å². The number of carboxylic acids is 1. The van der Waals surface area contributed by atoms with Crippen molar-refractivity contribution < 1.29 is 19.1 Å². The summed E-state index contributed by atoms with van der Waals surface area (Å²) in [5.41, 5.74) is 1.34. The molecule has 6 nitrogen and oxygen atoms in total. The van der Waals surface area contributed by atoms with Crippen LogP contribution in [-0.2, 0) is 24.8 Å². The van der Waals surface area contributed by atoms with Gasteiger partial charge in [-0.25, -0.2) is 4.79 Å². The van der Waals surface area contributed by atoms with Crippen molar-refractivity contribution in [3.8, 4) is 0 Å². The van der Waals surface area contributed by atoms with Crippen molar-refractivity contribution in [3.05, 3.63) is 46.7 Å². The number of carboxylic acid groups (broad SMARTS) is 1. The minimum absolute atomic E-state index is 0.0195. The van der Waals surface area contributed by atoms with E-state index in [1.807, 2.05) is 13.0 Å². The molecule has 6 heteroatoms. The summed E-state index contributed by atoms with van der Waals surface area (Å²) in [5, 5.41) is 11.9. The standard InChI is InChI=1S/C15H18N2O4/c1-9-8-17(3)12(14(9)15(19)20)6-13(18)16-7-11-5-4-10(2)21-11/h4-5,8H,6-7H2,1-3H3,(H,16,18)(H,19,20). The number of carbonyl (C=O) groups is 2. The molecule has 0 fully saturated rings. The first kappa shape index (κ1) is 14.9. The SMILES string of the molecule is Cc1ccc(CNC(=O)Cc2c(C(=O)O)c(C)cn2C)o1. The highest BCUT2D eigenvalue weighted by molar-refractivity contribution is 5.92. The van der Waals surface area contributed by atoms with Crippen LogP contribution in [0.4, 0.5) is 0 Å². The maximum atomic E-state index is 12.0. The Hall–Kier alpha value is -2.50. The largest absolute Gasteiger partial charge is 0.478 e. The van der Waals surface area contributed by atoms with Crippen LogP contribution in [-0.4, -0.2) is 21.6 Å². The third-order valence-corrected chi connectivity index (χ3v) is 3.29. The lowest BCUT2D eigenvalue weighted by molar-refractivity contribution is -0.120. The maximum Gasteiger partial charge on any atom is 0.337 e. The van der Waals surface area contributed by atoms with E-state index >= 15 is 0 Å². The molecule has 0 unspecified atom stereocenters. The predicted octanol–water partition coefficient (Wildman–Crippen LogP) is 1.79. The number of aromatic nitrogens is 1. The molecule has 0 aliphatic carbocycles. The lowest BCUT2D eigenvalue weighted by Crippen LogP contribution is -2.26. The fraction of sp³-hybridized carbons (Fsp3) is 0.333. The zero-order chi connectivity index (χ0) is 15.6. The van der Waals surface area contributed by atoms with Crippen molar-refractivity contribution in [1.82, 2.24) is 9.88 Å². The fourth-order valence-electron chi connectivity index (χ4n) is 2.32. The topological polar surface area (TPSA) is 84.5 Å². The molecule has 21 heavy (non-hydrogen) atoms. The number of nitrogens with zero attached hydrogens (tertiary/aromatic N) is 1. The molecule has 0 atom stereocenters. The van der Waals surface area contributed by atoms with Crippen LogP contribution in [0.3, 0.4) is 0 Å². The van der Waals surface area contributed by atoms with Crippen LogP contribution in [0, 0.1) is 13.8 Å². The van der Waals surface area contributed by atoms with E-state index in [-0.39, 0.29) is 17.9 Å². The summed E-state index contributed by atoms with van der Waals surface area (Å²) >= 11 is 0. The molecule has 2 rings (SSSR count). The normalized spacial score (nSPS) is 10.6. The van der Waals surface area contributed by atoms with Crippen molar-refractivity contribution in [2.75, 3.05) is 0 Å². The fourth-order valence-corrected chi connectivity index (χ4v) is 2.32. The van der Waals surface area contributed by atoms with Crippen LogP contribution >= 0.6 is 0 Å². The molecule has 2 N–H and O–H groups in total. The van der Waals surface area contributed by atoms with Gasteiger partial charge in [0.1, 0.15) is 11.5 Å². The molecule has 0 spiro atoms. The number of furan rings is 1. The lowest BCUT2D eigenvalue weighted by Gasteiger charge is -2.06. The summed E-state index contributed by atoms with van der Waals surface area (Å²) in [6.07, 6.45) is 1.73. The summed E-state index contributed by atoms with van der Waals surface area (Å²) < 4.78 is 7.04. The van der Waals surface area contributed by atoms with E-state index in [0.717, 1.165) is 5.76 Å². The highest BCUT2D eigenvalue weighted by Gasteiger charge is 2.19. The van der Waals surface area contributed by atoms with Gasteiger partial charge in [0.25, 0.3) is 0 Å². The summed E-state index contributed by atoms with van der Waals surface area (Å²) in [7, 11) is 1.73. The number of hydrogen-bond acceptors (Lipinski definition) is 3. The Balaban J connectivity index is 2.04. The van der Waals surface area contributed by atoms with Crippen molar-refractivity contribution in [3.63, 3.8) is 0 Å². The summed E-state index contributed by atoms with van der Waals surface area (Å²) in [5.74, 6) is 0.193. The number of amides is 1. The monoisotopic (exact) mass is 290 g/mol. The number of carbonyl (C=O) groups excluding carboxylic acids is 1. The number of aryl methyl sites for hydroxylation is 3. The van der Waals surface area contributed by atoms with Gasteiger partial charge in [0.15, 0.2) is 0 Å². The van der Waals surface area contributed by atoms with E-state index in [1.165, 1.54) is 0 Å². The Morgan fingerprint density at radius 2 is 2.05 bits per heavy atom. The van der Waals surface area contributed by atoms with Gasteiger partial charge in [-0.15, -0.1) is 0 Å². The molecule has 0 aromatic carbocycles. The summed E-state index contributed by atoms with van der Waals surface area (Å²) in [6.45, 7) is 3.84. The third kappa shape index (κ3) is 3.34. The van der Waals surface area contributed by atoms with Gasteiger partial charge in [-0.1, -0.05) is 0 Å². The molecule has 2 aromatic rings. The molecule has 0 radical (unpaired) electrons. The Bertz CT molecular complexity index is 682. The van der Waals surface area contributed by atoms with Gasteiger partial charge < -0.3 is 19.4 Å². The molecule has 0 saturated heterocycles. The second-order valence-electron chi connectivity index (χ2n) is 5.02. The van der Waals surface area contributed by atoms with Crippen LogP contribution in [0.15, 0.2) is 22.7 Å². The van der Waals surface area contributed by atoms with Crippen LogP contribution in [0.25, 0.3) is 0 Å². The number of rotatable bonds is 5. The molecule has 2 heterocycles. The maximum absolute atomic E-state index is 12.0. The van der Waals surface area contributed by atoms with Crippen molar-refractivity contribution in [2.45, 2.75) is 26.8 Å². The highest BCUT2D eigenvalue weighted by Crippen LogP contribution is 2.17. The van der Waals surface area contributed by atoms with E-state index in [0.29, 0.717) is 23.6 Å². The van der Waals surface area contributed by atoms with Crippen molar-refractivity contribution in [1.29, 1.82) is 0 Å². The van der Waals surface area contributed by atoms with E-state index < -0.39 is 5.97 Å². The summed E-state index contributed by atoms with van der Waals surface area (Å²) in [4.78, 5) is 23.2. The average molecular weight is 290 g/mol. The van der Waals surface area contributed by atoms with Gasteiger partial charge in [0, 0.05) is 18.9 Å². The Labute approximate surface area is 122 Å². The van der Waals surface area contributed by atoms with Gasteiger partial charge in [0.2, 0.25) is 5.91 Å². The summed E-state index contributed by atoms with van der Waals surface area (Å²) in [6, 6.07) is 3.62. The van der Waals surface area contributed by atoms with Crippen LogP contribution < -0.4 is 5.32 Å². The molecule has 2 aromatic heterocycles. The minimum atomic E-state index is -1.02. The van der Waals surface area contributed by atoms with E-state index in [4.69, 9.17) is 4.42 Å². The molecular weight excluding hydrogens is 272 g/mol. The van der Waals surface area contributed by atoms with Gasteiger partial charge in [-0.3, -0.25) is 4.79 Å². The quantitative estimate of drug-likeness (QED) is 0.879. The minimum Gasteiger partial charge on any atom is -0.478 e. The van der Waals surface area contributed by atoms with Crippen molar-refractivity contribution in [2.24, 2.45) is 7.05 Å². The lowest BCUT2D eigenvalue weighted by atomic mass is 10.1. The zero-order valence-corrected chi connectivity index (χ0v) is 12.3. The van der Waals surface area contributed by atoms with Crippen LogP contribution in [0.5, 0.6) is 0 Å². The molecule has 0 bridgehead atoms. The first-order valence-electron chi connectivity index (χ1n) is 6.58. The Morgan fingerprint density at radius 3 is 2.62 bits per heavy atom. The highest BCUT2D eigenvalue weighted by atomic mass is 16.4. The van der Waals surface area contributed by atoms with Crippen molar-refractivity contribution >= 4 is 11.9 Å². The third-order valence-electron chi connectivity index (χ3n) is 3.29. The molecule has 0 aliphatic heterocycles. The van der Waals surface area contributed by atoms with Gasteiger partial charge in [-0.2, -0.15) is 0 Å². The van der Waals surface area contributed by atoms with E-state index in [9.17, 15) is 14.7 Å². The Morgan fingerprint density at radius 1 is 1.33 bits per heavy atom. The number of hydrogen-bond donors (Lipinski definition) is 2. The van der Waals surface area contributed by atoms with Crippen LogP contribution in [0.1, 0.15) is 33.1 Å². The van der Waals surface area contributed by atoms with Crippen LogP contribution in [0.2, 0.25) is 0 Å². The number of nitrogens with one attached hydrogen (secondary N) is 1. The molecule has 112 valence electrons. The van der Waals surface area contributed by atoms with E-state index in [2.05, 4.69) is 5.32 Å². The predicted molar refractivity (Wildman–Crippen MR) is 76.1 cm³/mol. The molecule has 1 amide bonds. The van der Waals surface area contributed by atoms with Gasteiger partial charge in [0.05, 0.1) is 18.5 Å². The van der Waals surface area contributed by atoms with Gasteiger partial charge >= 0.3 is 5.97 Å². The second-order valence-corrected chi connectivity index (χ2v) is 5.02. The van der Waals surface area contributed by atoms with Gasteiger partial charge in [-0.05, 0) is 31.5 Å². The first-order valence-corrected chi connectivity index (χ1v) is 6.58.